The molecular weight excluding hydrogens is 603 g/mol. The van der Waals surface area contributed by atoms with Crippen LogP contribution in [0.25, 0.3) is 50.2 Å². The molecule has 0 saturated carbocycles. The third-order valence-electron chi connectivity index (χ3n) is 9.89. The van der Waals surface area contributed by atoms with Crippen LogP contribution in [0.2, 0.25) is 0 Å². The summed E-state index contributed by atoms with van der Waals surface area (Å²) < 4.78 is 15.2. The van der Waals surface area contributed by atoms with Crippen LogP contribution in [-0.4, -0.2) is 21.2 Å². The van der Waals surface area contributed by atoms with Crippen molar-refractivity contribution >= 4 is 73.3 Å². The summed E-state index contributed by atoms with van der Waals surface area (Å²) in [6, 6.07) is 52.7. The van der Waals surface area contributed by atoms with Crippen molar-refractivity contribution in [1.82, 2.24) is 14.5 Å². The second-order valence-corrected chi connectivity index (χ2v) is 12.6. The summed E-state index contributed by atoms with van der Waals surface area (Å²) in [6.07, 6.45) is 0. The molecule has 3 aromatic heterocycles. The normalized spacial score (nSPS) is 13.0. The van der Waals surface area contributed by atoms with E-state index < -0.39 is 0 Å². The van der Waals surface area contributed by atoms with Crippen LogP contribution in [0.1, 0.15) is 0 Å². The van der Waals surface area contributed by atoms with Crippen molar-refractivity contribution in [2.45, 2.75) is 0 Å². The molecular formula is C42H25BN4O2. The maximum absolute atomic E-state index is 6.69. The van der Waals surface area contributed by atoms with Crippen LogP contribution in [0.5, 0.6) is 11.5 Å². The molecule has 11 rings (SSSR count). The van der Waals surface area contributed by atoms with Gasteiger partial charge < -0.3 is 18.6 Å². The molecule has 0 bridgehead atoms. The molecule has 0 fully saturated rings. The van der Waals surface area contributed by atoms with E-state index in [1.165, 1.54) is 21.8 Å². The van der Waals surface area contributed by atoms with Crippen molar-refractivity contribution in [1.29, 1.82) is 0 Å². The van der Waals surface area contributed by atoms with Gasteiger partial charge in [-0.1, -0.05) is 84.9 Å². The van der Waals surface area contributed by atoms with Gasteiger partial charge >= 0.3 is 0 Å². The molecule has 7 heteroatoms. The molecule has 5 heterocycles. The topological polar surface area (TPSA) is 56.3 Å². The molecule has 6 aromatic carbocycles. The Morgan fingerprint density at radius 3 is 2.24 bits per heavy atom. The average molecular weight is 629 g/mol. The van der Waals surface area contributed by atoms with E-state index in [0.29, 0.717) is 17.1 Å². The molecule has 0 amide bonds. The van der Waals surface area contributed by atoms with Crippen molar-refractivity contribution in [2.75, 3.05) is 4.90 Å². The van der Waals surface area contributed by atoms with Crippen LogP contribution in [0, 0.1) is 0 Å². The summed E-state index contributed by atoms with van der Waals surface area (Å²) in [5.41, 5.74) is 12.0. The summed E-state index contributed by atoms with van der Waals surface area (Å²) in [5, 5.41) is 2.48. The first-order valence-corrected chi connectivity index (χ1v) is 16.5. The number of ether oxygens (including phenoxy) is 1. The minimum Gasteiger partial charge on any atom is -0.458 e. The fourth-order valence-electron chi connectivity index (χ4n) is 7.79. The number of para-hydroxylation sites is 5. The molecule has 0 atom stereocenters. The van der Waals surface area contributed by atoms with E-state index in [4.69, 9.17) is 19.1 Å². The number of anilines is 3. The van der Waals surface area contributed by atoms with Gasteiger partial charge in [0.2, 0.25) is 5.89 Å². The minimum atomic E-state index is -0.144. The smallest absolute Gasteiger partial charge is 0.274 e. The number of benzene rings is 6. The minimum absolute atomic E-state index is 0.144. The van der Waals surface area contributed by atoms with Gasteiger partial charge in [0, 0.05) is 33.7 Å². The molecule has 0 saturated heterocycles. The van der Waals surface area contributed by atoms with Crippen LogP contribution < -0.4 is 26.2 Å². The standard InChI is InChI=1S/C42H25BN4O2/c1-2-11-26(12-3-1)42-45-41-37(49-42)23-24-39(44-41)43-30-15-5-9-20-36(30)48-38-25-27(21-22-31(38)43)46-33-17-7-8-18-34(33)47-32-16-6-4-13-28(32)29-14-10-19-35(46)40(29)47/h1-25H. The largest absolute Gasteiger partial charge is 0.458 e. The Hall–Kier alpha value is -6.60. The zero-order valence-corrected chi connectivity index (χ0v) is 26.1. The molecule has 6 nitrogen and oxygen atoms in total. The number of hydrogen-bond acceptors (Lipinski definition) is 5. The fraction of sp³-hybridized carbons (Fsp3) is 0. The molecule has 9 aromatic rings. The highest BCUT2D eigenvalue weighted by molar-refractivity contribution is 6.96. The van der Waals surface area contributed by atoms with Crippen molar-refractivity contribution in [3.63, 3.8) is 0 Å². The molecule has 2 aliphatic heterocycles. The number of rotatable bonds is 3. The lowest BCUT2D eigenvalue weighted by molar-refractivity contribution is 0.487. The highest BCUT2D eigenvalue weighted by Gasteiger charge is 2.35. The molecule has 0 aliphatic carbocycles. The Labute approximate surface area is 281 Å². The van der Waals surface area contributed by atoms with Gasteiger partial charge in [0.15, 0.2) is 11.2 Å². The van der Waals surface area contributed by atoms with Crippen LogP contribution in [0.4, 0.5) is 17.1 Å². The van der Waals surface area contributed by atoms with Gasteiger partial charge in [0.25, 0.3) is 6.71 Å². The number of oxazole rings is 1. The highest BCUT2D eigenvalue weighted by Crippen LogP contribution is 2.49. The lowest BCUT2D eigenvalue weighted by atomic mass is 9.37. The third-order valence-corrected chi connectivity index (χ3v) is 9.89. The summed E-state index contributed by atoms with van der Waals surface area (Å²) in [5.74, 6) is 2.20. The maximum Gasteiger partial charge on any atom is 0.274 e. The fourth-order valence-corrected chi connectivity index (χ4v) is 7.79. The average Bonchev–Trinajstić information content (AvgIpc) is 3.74. The molecule has 0 spiro atoms. The van der Waals surface area contributed by atoms with E-state index in [-0.39, 0.29) is 6.71 Å². The molecule has 0 unspecified atom stereocenters. The lowest BCUT2D eigenvalue weighted by Crippen LogP contribution is -2.55. The van der Waals surface area contributed by atoms with E-state index >= 15 is 0 Å². The Balaban J connectivity index is 1.08. The van der Waals surface area contributed by atoms with E-state index in [2.05, 4.69) is 107 Å². The van der Waals surface area contributed by atoms with Gasteiger partial charge in [-0.3, -0.25) is 0 Å². The first kappa shape index (κ1) is 26.5. The summed E-state index contributed by atoms with van der Waals surface area (Å²) >= 11 is 0. The Morgan fingerprint density at radius 2 is 1.31 bits per heavy atom. The Morgan fingerprint density at radius 1 is 0.551 bits per heavy atom. The van der Waals surface area contributed by atoms with Crippen molar-refractivity contribution in [3.8, 4) is 28.6 Å². The van der Waals surface area contributed by atoms with Gasteiger partial charge in [-0.05, 0) is 71.6 Å². The predicted molar refractivity (Wildman–Crippen MR) is 197 cm³/mol. The van der Waals surface area contributed by atoms with E-state index in [0.717, 1.165) is 56.3 Å². The van der Waals surface area contributed by atoms with Gasteiger partial charge in [0.1, 0.15) is 11.5 Å². The second-order valence-electron chi connectivity index (χ2n) is 12.6. The summed E-state index contributed by atoms with van der Waals surface area (Å²) in [6.45, 7) is -0.144. The van der Waals surface area contributed by atoms with E-state index in [1.54, 1.807) is 0 Å². The van der Waals surface area contributed by atoms with E-state index in [9.17, 15) is 0 Å². The molecule has 0 N–H and O–H groups in total. The van der Waals surface area contributed by atoms with Crippen LogP contribution in [-0.2, 0) is 0 Å². The highest BCUT2D eigenvalue weighted by atomic mass is 16.5. The van der Waals surface area contributed by atoms with Crippen LogP contribution in [0.15, 0.2) is 156 Å². The summed E-state index contributed by atoms with van der Waals surface area (Å²) in [7, 11) is 0. The quantitative estimate of drug-likeness (QED) is 0.184. The summed E-state index contributed by atoms with van der Waals surface area (Å²) in [4.78, 5) is 12.2. The van der Waals surface area contributed by atoms with Crippen molar-refractivity contribution in [2.24, 2.45) is 0 Å². The first-order chi connectivity index (χ1) is 24.3. The van der Waals surface area contributed by atoms with Gasteiger partial charge in [-0.15, -0.1) is 0 Å². The third kappa shape index (κ3) is 3.78. The van der Waals surface area contributed by atoms with E-state index in [1.807, 2.05) is 54.6 Å². The SMILES string of the molecule is c1ccc(-c2nc3nc(B4c5ccccc5Oc5cc(N6c7ccccc7-n7c8ccccc8c8cccc6c87)ccc54)ccc3o2)cc1. The Bertz CT molecular complexity index is 2790. The predicted octanol–water partition coefficient (Wildman–Crippen LogP) is 8.39. The molecule has 2 aliphatic rings. The lowest BCUT2D eigenvalue weighted by Gasteiger charge is -2.34. The maximum atomic E-state index is 6.69. The van der Waals surface area contributed by atoms with Crippen molar-refractivity contribution in [3.05, 3.63) is 152 Å². The molecule has 0 radical (unpaired) electrons. The molecule has 49 heavy (non-hydrogen) atoms. The number of nitrogens with zero attached hydrogens (tertiary/aromatic N) is 4. The first-order valence-electron chi connectivity index (χ1n) is 16.5. The van der Waals surface area contributed by atoms with Crippen molar-refractivity contribution < 1.29 is 9.15 Å². The number of fused-ring (bicyclic) bond motifs is 8. The number of aromatic nitrogens is 3. The van der Waals surface area contributed by atoms with Crippen LogP contribution >= 0.6 is 0 Å². The number of hydrogen-bond donors (Lipinski definition) is 0. The number of pyridine rings is 1. The van der Waals surface area contributed by atoms with Gasteiger partial charge in [-0.25, -0.2) is 4.98 Å². The molecule has 228 valence electrons. The Kier molecular flexibility index (Phi) is 5.38. The zero-order valence-electron chi connectivity index (χ0n) is 26.1. The van der Waals surface area contributed by atoms with Crippen LogP contribution in [0.3, 0.4) is 0 Å². The zero-order chi connectivity index (χ0) is 32.1. The van der Waals surface area contributed by atoms with Gasteiger partial charge in [-0.2, -0.15) is 4.98 Å². The van der Waals surface area contributed by atoms with Gasteiger partial charge in [0.05, 0.1) is 28.1 Å². The monoisotopic (exact) mass is 628 g/mol. The second kappa shape index (κ2) is 9.95.